The first kappa shape index (κ1) is 8.89. The molecule has 0 radical (unpaired) electrons. The lowest BCUT2D eigenvalue weighted by molar-refractivity contribution is -0.115. The van der Waals surface area contributed by atoms with Gasteiger partial charge in [0.1, 0.15) is 11.8 Å². The Morgan fingerprint density at radius 3 is 3.00 bits per heavy atom. The average Bonchev–Trinajstić information content (AvgIpc) is 2.63. The Morgan fingerprint density at radius 1 is 1.50 bits per heavy atom. The highest BCUT2D eigenvalue weighted by Crippen LogP contribution is 2.20. The first-order valence-electron chi connectivity index (χ1n) is 3.80. The Labute approximate surface area is 84.0 Å². The number of nitrogens with zero attached hydrogens (tertiary/aromatic N) is 4. The van der Waals surface area contributed by atoms with Crippen LogP contribution in [0.1, 0.15) is 6.92 Å². The highest BCUT2D eigenvalue weighted by atomic mass is 35.5. The molecule has 0 aliphatic heterocycles. The minimum absolute atomic E-state index is 0.307. The maximum Gasteiger partial charge on any atom is 0.239 e. The van der Waals surface area contributed by atoms with E-state index in [0.29, 0.717) is 17.0 Å². The quantitative estimate of drug-likeness (QED) is 0.710. The number of fused-ring (bicyclic) bond motifs is 1. The summed E-state index contributed by atoms with van der Waals surface area (Å²) in [5, 5.41) is 0. The van der Waals surface area contributed by atoms with Gasteiger partial charge in [-0.3, -0.25) is 4.79 Å². The van der Waals surface area contributed by atoms with Gasteiger partial charge in [0.2, 0.25) is 5.91 Å². The molecule has 0 aliphatic rings. The van der Waals surface area contributed by atoms with E-state index >= 15 is 0 Å². The second kappa shape index (κ2) is 3.22. The van der Waals surface area contributed by atoms with Crippen LogP contribution in [0.2, 0.25) is 0 Å². The van der Waals surface area contributed by atoms with Crippen molar-refractivity contribution in [2.24, 2.45) is 0 Å². The van der Waals surface area contributed by atoms with Gasteiger partial charge in [-0.15, -0.1) is 0 Å². The molecule has 0 bridgehead atoms. The molecule has 6 nitrogen and oxygen atoms in total. The zero-order valence-electron chi connectivity index (χ0n) is 7.23. The van der Waals surface area contributed by atoms with Crippen LogP contribution in [-0.4, -0.2) is 25.8 Å². The summed E-state index contributed by atoms with van der Waals surface area (Å²) in [7, 11) is 0. The lowest BCUT2D eigenvalue weighted by Crippen LogP contribution is -2.18. The van der Waals surface area contributed by atoms with E-state index in [0.717, 1.165) is 4.42 Å². The molecule has 1 amide bonds. The van der Waals surface area contributed by atoms with Gasteiger partial charge in [-0.2, -0.15) is 0 Å². The third-order valence-corrected chi connectivity index (χ3v) is 2.06. The predicted octanol–water partition coefficient (Wildman–Crippen LogP) is 0.860. The van der Waals surface area contributed by atoms with Crippen LogP contribution >= 0.6 is 11.8 Å². The number of amides is 1. The molecular weight excluding hydrogens is 206 g/mol. The first-order valence-corrected chi connectivity index (χ1v) is 4.14. The maximum absolute atomic E-state index is 11.0. The summed E-state index contributed by atoms with van der Waals surface area (Å²) in [6.45, 7) is 1.34. The molecule has 0 fully saturated rings. The molecular formula is C7H6ClN5O. The number of imidazole rings is 1. The Hall–Kier alpha value is -1.69. The number of hydrogen-bond donors (Lipinski definition) is 1. The lowest BCUT2D eigenvalue weighted by Gasteiger charge is -2.09. The Morgan fingerprint density at radius 2 is 2.29 bits per heavy atom. The van der Waals surface area contributed by atoms with Gasteiger partial charge in [-0.25, -0.2) is 19.4 Å². The van der Waals surface area contributed by atoms with Crippen LogP contribution in [0.5, 0.6) is 0 Å². The summed E-state index contributed by atoms with van der Waals surface area (Å²) in [5.41, 5.74) is 1.01. The second-order valence-electron chi connectivity index (χ2n) is 2.60. The molecule has 0 aromatic carbocycles. The van der Waals surface area contributed by atoms with E-state index in [1.165, 1.54) is 19.6 Å². The number of hydrogen-bond acceptors (Lipinski definition) is 4. The van der Waals surface area contributed by atoms with Crippen molar-refractivity contribution in [1.82, 2.24) is 19.9 Å². The fraction of sp³-hybridized carbons (Fsp3) is 0.143. The van der Waals surface area contributed by atoms with E-state index in [9.17, 15) is 4.79 Å². The molecule has 2 aromatic heterocycles. The van der Waals surface area contributed by atoms with Crippen molar-refractivity contribution in [1.29, 1.82) is 0 Å². The van der Waals surface area contributed by atoms with Gasteiger partial charge in [0, 0.05) is 18.7 Å². The topological polar surface area (TPSA) is 74.8 Å². The summed E-state index contributed by atoms with van der Waals surface area (Å²) in [4.78, 5) is 25.5. The molecule has 0 atom stereocenters. The van der Waals surface area contributed by atoms with Gasteiger partial charge < -0.3 is 4.98 Å². The highest BCUT2D eigenvalue weighted by molar-refractivity contribution is 6.37. The Bertz CT molecular complexity index is 482. The van der Waals surface area contributed by atoms with Gasteiger partial charge in [0.15, 0.2) is 11.5 Å². The molecule has 1 N–H and O–H groups in total. The average molecular weight is 212 g/mol. The van der Waals surface area contributed by atoms with E-state index in [2.05, 4.69) is 19.9 Å². The summed E-state index contributed by atoms with van der Waals surface area (Å²) >= 11 is 5.72. The number of H-pyrrole nitrogens is 1. The van der Waals surface area contributed by atoms with Crippen molar-refractivity contribution in [3.8, 4) is 0 Å². The number of carbonyl (C=O) groups excluding carboxylic acids is 1. The van der Waals surface area contributed by atoms with Crippen molar-refractivity contribution in [2.75, 3.05) is 4.42 Å². The van der Waals surface area contributed by atoms with Crippen molar-refractivity contribution in [2.45, 2.75) is 6.92 Å². The zero-order valence-corrected chi connectivity index (χ0v) is 7.99. The van der Waals surface area contributed by atoms with Crippen molar-refractivity contribution in [3.05, 3.63) is 12.7 Å². The van der Waals surface area contributed by atoms with Crippen LogP contribution in [0.15, 0.2) is 12.7 Å². The number of anilines is 1. The molecule has 14 heavy (non-hydrogen) atoms. The predicted molar refractivity (Wildman–Crippen MR) is 50.7 cm³/mol. The van der Waals surface area contributed by atoms with Gasteiger partial charge in [0.25, 0.3) is 0 Å². The third kappa shape index (κ3) is 1.29. The SMILES string of the molecule is CC(=O)N(Cl)c1ncnc2nc[nH]c12. The maximum atomic E-state index is 11.0. The molecule has 72 valence electrons. The van der Waals surface area contributed by atoms with Gasteiger partial charge >= 0.3 is 0 Å². The van der Waals surface area contributed by atoms with Crippen LogP contribution in [0.3, 0.4) is 0 Å². The largest absolute Gasteiger partial charge is 0.340 e. The van der Waals surface area contributed by atoms with Crippen LogP contribution in [0.4, 0.5) is 5.82 Å². The normalized spacial score (nSPS) is 10.4. The van der Waals surface area contributed by atoms with Crippen molar-refractivity contribution >= 4 is 34.7 Å². The summed E-state index contributed by atoms with van der Waals surface area (Å²) in [6, 6.07) is 0. The molecule has 0 spiro atoms. The minimum Gasteiger partial charge on any atom is -0.340 e. The number of halogens is 1. The van der Waals surface area contributed by atoms with E-state index in [-0.39, 0.29) is 5.91 Å². The summed E-state index contributed by atoms with van der Waals surface area (Å²) in [5.74, 6) is -0.0112. The number of rotatable bonds is 1. The molecule has 2 rings (SSSR count). The standard InChI is InChI=1S/C7H6ClN5O/c1-4(14)13(8)7-5-6(10-2-9-5)11-3-12-7/h2-3H,1H3,(H,9,10,11,12). The minimum atomic E-state index is -0.318. The van der Waals surface area contributed by atoms with Crippen LogP contribution in [0.25, 0.3) is 11.2 Å². The van der Waals surface area contributed by atoms with Crippen molar-refractivity contribution in [3.63, 3.8) is 0 Å². The number of nitrogens with one attached hydrogen (secondary N) is 1. The smallest absolute Gasteiger partial charge is 0.239 e. The lowest BCUT2D eigenvalue weighted by atomic mass is 10.5. The Kier molecular flexibility index (Phi) is 2.05. The zero-order chi connectivity index (χ0) is 10.1. The Balaban J connectivity index is 2.61. The van der Waals surface area contributed by atoms with E-state index in [1.807, 2.05) is 0 Å². The number of aromatic amines is 1. The summed E-state index contributed by atoms with van der Waals surface area (Å²) in [6.07, 6.45) is 2.77. The van der Waals surface area contributed by atoms with E-state index in [1.54, 1.807) is 0 Å². The van der Waals surface area contributed by atoms with Crippen molar-refractivity contribution < 1.29 is 4.79 Å². The molecule has 2 heterocycles. The highest BCUT2D eigenvalue weighted by Gasteiger charge is 2.15. The summed E-state index contributed by atoms with van der Waals surface area (Å²) < 4.78 is 0.919. The monoisotopic (exact) mass is 211 g/mol. The van der Waals surface area contributed by atoms with Gasteiger partial charge in [-0.05, 0) is 0 Å². The molecule has 0 unspecified atom stereocenters. The molecule has 0 saturated heterocycles. The molecule has 7 heteroatoms. The molecule has 0 saturated carbocycles. The first-order chi connectivity index (χ1) is 6.70. The van der Waals surface area contributed by atoms with Crippen LogP contribution in [-0.2, 0) is 4.79 Å². The van der Waals surface area contributed by atoms with Gasteiger partial charge in [0.05, 0.1) is 6.33 Å². The third-order valence-electron chi connectivity index (χ3n) is 1.67. The van der Waals surface area contributed by atoms with E-state index < -0.39 is 0 Å². The fourth-order valence-electron chi connectivity index (χ4n) is 1.05. The molecule has 0 aliphatic carbocycles. The molecule has 2 aromatic rings. The van der Waals surface area contributed by atoms with Crippen LogP contribution < -0.4 is 4.42 Å². The van der Waals surface area contributed by atoms with Crippen LogP contribution in [0, 0.1) is 0 Å². The van der Waals surface area contributed by atoms with E-state index in [4.69, 9.17) is 11.8 Å². The second-order valence-corrected chi connectivity index (χ2v) is 2.94. The number of aromatic nitrogens is 4. The van der Waals surface area contributed by atoms with Gasteiger partial charge in [-0.1, -0.05) is 0 Å². The fourth-order valence-corrected chi connectivity index (χ4v) is 1.18. The number of carbonyl (C=O) groups is 1.